The lowest BCUT2D eigenvalue weighted by Gasteiger charge is -2.25. The van der Waals surface area contributed by atoms with E-state index in [1.165, 1.54) is 50.9 Å². The van der Waals surface area contributed by atoms with Crippen molar-refractivity contribution < 1.29 is 10.0 Å². The second kappa shape index (κ2) is 8.43. The van der Waals surface area contributed by atoms with Crippen molar-refractivity contribution >= 4 is 11.8 Å². The zero-order chi connectivity index (χ0) is 10.9. The summed E-state index contributed by atoms with van der Waals surface area (Å²) in [6.45, 7) is 5.74. The molecule has 0 aromatic rings. The zero-order valence-electron chi connectivity index (χ0n) is 10.0. The van der Waals surface area contributed by atoms with Gasteiger partial charge in [-0.25, -0.2) is 0 Å². The van der Waals surface area contributed by atoms with E-state index in [4.69, 9.17) is 0 Å². The Hall–Kier alpha value is 0.270. The highest BCUT2D eigenvalue weighted by molar-refractivity contribution is 7.99. The first-order valence-corrected chi connectivity index (χ1v) is 7.57. The van der Waals surface area contributed by atoms with Crippen LogP contribution >= 0.6 is 11.8 Å². The van der Waals surface area contributed by atoms with Crippen LogP contribution in [0, 0.1) is 0 Å². The number of nitrogens with one attached hydrogen (secondary N) is 1. The number of rotatable bonds is 7. The van der Waals surface area contributed by atoms with Crippen LogP contribution in [0.1, 0.15) is 39.0 Å². The van der Waals surface area contributed by atoms with Crippen LogP contribution in [0.4, 0.5) is 0 Å². The van der Waals surface area contributed by atoms with Gasteiger partial charge >= 0.3 is 0 Å². The third-order valence-electron chi connectivity index (χ3n) is 3.04. The van der Waals surface area contributed by atoms with Crippen molar-refractivity contribution in [3.63, 3.8) is 0 Å². The molecule has 0 unspecified atom stereocenters. The van der Waals surface area contributed by atoms with Crippen LogP contribution in [0.3, 0.4) is 0 Å². The molecule has 1 saturated heterocycles. The van der Waals surface area contributed by atoms with Gasteiger partial charge in [0.15, 0.2) is 0 Å². The van der Waals surface area contributed by atoms with Gasteiger partial charge in [0.2, 0.25) is 0 Å². The normalized spacial score (nSPS) is 20.4. The van der Waals surface area contributed by atoms with Crippen LogP contribution in [0.5, 0.6) is 0 Å². The maximum absolute atomic E-state index is 9.86. The highest BCUT2D eigenvalue weighted by Gasteiger charge is 2.17. The van der Waals surface area contributed by atoms with Crippen molar-refractivity contribution in [2.24, 2.45) is 0 Å². The molecule has 0 spiro atoms. The first kappa shape index (κ1) is 13.3. The van der Waals surface area contributed by atoms with Gasteiger partial charge in [-0.05, 0) is 31.4 Å². The van der Waals surface area contributed by atoms with E-state index >= 15 is 0 Å². The molecule has 1 fully saturated rings. The molecule has 15 heavy (non-hydrogen) atoms. The molecule has 2 N–H and O–H groups in total. The fourth-order valence-corrected chi connectivity index (χ4v) is 3.16. The van der Waals surface area contributed by atoms with Crippen LogP contribution in [0.2, 0.25) is 0 Å². The summed E-state index contributed by atoms with van der Waals surface area (Å²) in [5.41, 5.74) is 0. The second-order valence-electron chi connectivity index (χ2n) is 4.60. The molecule has 1 atom stereocenters. The molecule has 2 nitrogen and oxygen atoms in total. The van der Waals surface area contributed by atoms with E-state index in [1.807, 2.05) is 11.8 Å². The molecule has 3 heteroatoms. The summed E-state index contributed by atoms with van der Waals surface area (Å²) in [6.07, 6.45) is 6.56. The largest absolute Gasteiger partial charge is 0.386 e. The molecule has 1 rings (SSSR count). The van der Waals surface area contributed by atoms with E-state index < -0.39 is 0 Å². The highest BCUT2D eigenvalue weighted by atomic mass is 32.2. The van der Waals surface area contributed by atoms with Crippen LogP contribution < -0.4 is 4.90 Å². The van der Waals surface area contributed by atoms with Gasteiger partial charge < -0.3 is 10.0 Å². The highest BCUT2D eigenvalue weighted by Crippen LogP contribution is 2.05. The number of aliphatic hydroxyl groups is 1. The lowest BCUT2D eigenvalue weighted by atomic mass is 10.1. The van der Waals surface area contributed by atoms with Gasteiger partial charge in [-0.1, -0.05) is 13.3 Å². The predicted molar refractivity (Wildman–Crippen MR) is 67.7 cm³/mol. The molecule has 0 saturated carbocycles. The predicted octanol–water partition coefficient (Wildman–Crippen LogP) is 0.949. The smallest absolute Gasteiger partial charge is 0.112 e. The molecule has 0 aromatic heterocycles. The maximum Gasteiger partial charge on any atom is 0.112 e. The minimum atomic E-state index is -0.0834. The third kappa shape index (κ3) is 6.44. The molecule has 0 aromatic carbocycles. The Labute approximate surface area is 98.4 Å². The summed E-state index contributed by atoms with van der Waals surface area (Å²) in [7, 11) is 0. The fourth-order valence-electron chi connectivity index (χ4n) is 2.11. The number of quaternary nitrogens is 1. The first-order valence-electron chi connectivity index (χ1n) is 6.42. The Bertz CT molecular complexity index is 149. The van der Waals surface area contributed by atoms with Crippen molar-refractivity contribution in [1.82, 2.24) is 0 Å². The van der Waals surface area contributed by atoms with Gasteiger partial charge in [0.05, 0.1) is 13.1 Å². The summed E-state index contributed by atoms with van der Waals surface area (Å²) in [5, 5.41) is 9.86. The van der Waals surface area contributed by atoms with Crippen molar-refractivity contribution in [2.75, 3.05) is 31.1 Å². The van der Waals surface area contributed by atoms with Gasteiger partial charge in [0.25, 0.3) is 0 Å². The van der Waals surface area contributed by atoms with Crippen molar-refractivity contribution in [1.29, 1.82) is 0 Å². The molecular weight excluding hydrogens is 206 g/mol. The maximum atomic E-state index is 9.86. The summed E-state index contributed by atoms with van der Waals surface area (Å²) in [4.78, 5) is 1.62. The summed E-state index contributed by atoms with van der Waals surface area (Å²) in [5.74, 6) is 2.15. The summed E-state index contributed by atoms with van der Waals surface area (Å²) < 4.78 is 0. The van der Waals surface area contributed by atoms with Crippen molar-refractivity contribution in [3.8, 4) is 0 Å². The number of unbranched alkanes of at least 4 members (excludes halogenated alkanes) is 1. The number of likely N-dealkylation sites (tertiary alicyclic amines) is 1. The first-order chi connectivity index (χ1) is 7.33. The Morgan fingerprint density at radius 1 is 1.27 bits per heavy atom. The van der Waals surface area contributed by atoms with E-state index in [2.05, 4.69) is 6.92 Å². The monoisotopic (exact) mass is 232 g/mol. The van der Waals surface area contributed by atoms with Crippen molar-refractivity contribution in [3.05, 3.63) is 0 Å². The van der Waals surface area contributed by atoms with Gasteiger partial charge in [-0.15, -0.1) is 0 Å². The number of hydrogen-bond donors (Lipinski definition) is 2. The average Bonchev–Trinajstić information content (AvgIpc) is 2.26. The molecule has 0 radical (unpaired) electrons. The average molecular weight is 232 g/mol. The number of thioether (sulfide) groups is 1. The number of hydrogen-bond acceptors (Lipinski definition) is 2. The van der Waals surface area contributed by atoms with E-state index in [0.29, 0.717) is 0 Å². The Morgan fingerprint density at radius 2 is 2.00 bits per heavy atom. The van der Waals surface area contributed by atoms with Gasteiger partial charge in [0.1, 0.15) is 12.6 Å². The van der Waals surface area contributed by atoms with E-state index in [9.17, 15) is 5.11 Å². The topological polar surface area (TPSA) is 24.7 Å². The van der Waals surface area contributed by atoms with E-state index in [-0.39, 0.29) is 6.10 Å². The van der Waals surface area contributed by atoms with Gasteiger partial charge in [-0.3, -0.25) is 0 Å². The van der Waals surface area contributed by atoms with Crippen LogP contribution in [-0.2, 0) is 0 Å². The standard InChI is InChI=1S/C12H25NOS/c1-2-3-9-15-11-12(14)10-13-7-5-4-6-8-13/h12,14H,2-11H2,1H3/p+1/t12-/m0/s1. The van der Waals surface area contributed by atoms with Crippen LogP contribution in [-0.4, -0.2) is 42.4 Å². The van der Waals surface area contributed by atoms with Gasteiger partial charge in [0, 0.05) is 5.75 Å². The van der Waals surface area contributed by atoms with Crippen LogP contribution in [0.25, 0.3) is 0 Å². The Balaban J connectivity index is 1.98. The fraction of sp³-hybridized carbons (Fsp3) is 1.00. The molecular formula is C12H26NOS+. The van der Waals surface area contributed by atoms with Crippen molar-refractivity contribution in [2.45, 2.75) is 45.1 Å². The molecule has 90 valence electrons. The summed E-state index contributed by atoms with van der Waals surface area (Å²) in [6, 6.07) is 0. The van der Waals surface area contributed by atoms with E-state index in [0.717, 1.165) is 12.3 Å². The van der Waals surface area contributed by atoms with E-state index in [1.54, 1.807) is 4.90 Å². The minimum Gasteiger partial charge on any atom is -0.386 e. The second-order valence-corrected chi connectivity index (χ2v) is 5.75. The SMILES string of the molecule is CCCCSC[C@@H](O)C[NH+]1CCCCC1. The quantitative estimate of drug-likeness (QED) is 0.639. The molecule has 1 heterocycles. The lowest BCUT2D eigenvalue weighted by molar-refractivity contribution is -0.907. The summed E-state index contributed by atoms with van der Waals surface area (Å²) >= 11 is 1.91. The zero-order valence-corrected chi connectivity index (χ0v) is 10.8. The minimum absolute atomic E-state index is 0.0834. The molecule has 1 aliphatic heterocycles. The number of aliphatic hydroxyl groups excluding tert-OH is 1. The Morgan fingerprint density at radius 3 is 2.67 bits per heavy atom. The molecule has 0 aliphatic carbocycles. The molecule has 0 bridgehead atoms. The lowest BCUT2D eigenvalue weighted by Crippen LogP contribution is -3.13. The molecule has 0 amide bonds. The number of piperidine rings is 1. The third-order valence-corrected chi connectivity index (χ3v) is 4.24. The van der Waals surface area contributed by atoms with Crippen LogP contribution in [0.15, 0.2) is 0 Å². The Kier molecular flexibility index (Phi) is 7.49. The molecule has 1 aliphatic rings. The van der Waals surface area contributed by atoms with Gasteiger partial charge in [-0.2, -0.15) is 11.8 Å².